The number of hydrogen-bond donors (Lipinski definition) is 4. The van der Waals surface area contributed by atoms with Gasteiger partial charge in [-0.1, -0.05) is 12.1 Å². The highest BCUT2D eigenvalue weighted by atomic mass is 127. The molecule has 0 aliphatic carbocycles. The van der Waals surface area contributed by atoms with Crippen LogP contribution in [0.3, 0.4) is 0 Å². The fourth-order valence-corrected chi connectivity index (χ4v) is 3.33. The Kier molecular flexibility index (Phi) is 8.09. The number of fused-ring (bicyclic) bond motifs is 1. The molecule has 0 spiro atoms. The van der Waals surface area contributed by atoms with E-state index in [-0.39, 0.29) is 30.5 Å². The van der Waals surface area contributed by atoms with Crippen LogP contribution < -0.4 is 10.6 Å². The van der Waals surface area contributed by atoms with E-state index in [0.29, 0.717) is 5.96 Å². The predicted molar refractivity (Wildman–Crippen MR) is 129 cm³/mol. The number of aliphatic hydroxyl groups is 1. The number of rotatable bonds is 7. The van der Waals surface area contributed by atoms with Crippen LogP contribution in [0, 0.1) is 6.92 Å². The van der Waals surface area contributed by atoms with Gasteiger partial charge < -0.3 is 20.7 Å². The van der Waals surface area contributed by atoms with E-state index < -0.39 is 5.60 Å². The molecule has 0 fully saturated rings. The van der Waals surface area contributed by atoms with Gasteiger partial charge in [-0.2, -0.15) is 5.10 Å². The van der Waals surface area contributed by atoms with Crippen molar-refractivity contribution in [3.8, 4) is 0 Å². The summed E-state index contributed by atoms with van der Waals surface area (Å²) in [7, 11) is 1.83. The maximum absolute atomic E-state index is 10.7. The Bertz CT molecular complexity index is 959. The molecule has 158 valence electrons. The van der Waals surface area contributed by atoms with Crippen LogP contribution in [0.5, 0.6) is 0 Å². The Morgan fingerprint density at radius 1 is 1.34 bits per heavy atom. The first-order valence-electron chi connectivity index (χ1n) is 9.70. The van der Waals surface area contributed by atoms with Crippen molar-refractivity contribution in [3.05, 3.63) is 53.5 Å². The molecule has 3 rings (SSSR count). The van der Waals surface area contributed by atoms with Gasteiger partial charge in [0.15, 0.2) is 5.96 Å². The second-order valence-corrected chi connectivity index (χ2v) is 7.36. The fraction of sp³-hybridized carbons (Fsp3) is 0.429. The molecular formula is C21H31IN6O. The number of halogens is 1. The maximum Gasteiger partial charge on any atom is 0.191 e. The zero-order valence-corrected chi connectivity index (χ0v) is 19.8. The zero-order chi connectivity index (χ0) is 20.1. The SMILES string of the molecule is CCNC(=NCC(C)(O)c1cnn(C)c1)NCCc1c[nH]c2cccc(C)c12.I. The Hall–Kier alpha value is -2.07. The second-order valence-electron chi connectivity index (χ2n) is 7.36. The molecule has 0 aliphatic rings. The molecule has 0 radical (unpaired) electrons. The Morgan fingerprint density at radius 3 is 2.83 bits per heavy atom. The summed E-state index contributed by atoms with van der Waals surface area (Å²) in [4.78, 5) is 7.91. The quantitative estimate of drug-likeness (QED) is 0.224. The minimum atomic E-state index is -1.06. The lowest BCUT2D eigenvalue weighted by Crippen LogP contribution is -2.39. The molecule has 1 unspecified atom stereocenters. The summed E-state index contributed by atoms with van der Waals surface area (Å²) in [5.41, 5.74) is 3.43. The smallest absolute Gasteiger partial charge is 0.191 e. The predicted octanol–water partition coefficient (Wildman–Crippen LogP) is 2.83. The van der Waals surface area contributed by atoms with E-state index >= 15 is 0 Å². The molecule has 3 aromatic rings. The number of aromatic amines is 1. The van der Waals surface area contributed by atoms with Crippen LogP contribution in [0.15, 0.2) is 41.8 Å². The van der Waals surface area contributed by atoms with Crippen LogP contribution in [-0.2, 0) is 19.1 Å². The third kappa shape index (κ3) is 5.72. The number of H-pyrrole nitrogens is 1. The van der Waals surface area contributed by atoms with Gasteiger partial charge in [0.2, 0.25) is 0 Å². The van der Waals surface area contributed by atoms with Crippen LogP contribution in [0.25, 0.3) is 10.9 Å². The van der Waals surface area contributed by atoms with Crippen LogP contribution in [0.2, 0.25) is 0 Å². The first-order valence-corrected chi connectivity index (χ1v) is 9.70. The topological polar surface area (TPSA) is 90.3 Å². The Balaban J connectivity index is 0.00000300. The largest absolute Gasteiger partial charge is 0.383 e. The van der Waals surface area contributed by atoms with Gasteiger partial charge in [-0.3, -0.25) is 4.68 Å². The number of nitrogens with zero attached hydrogens (tertiary/aromatic N) is 3. The summed E-state index contributed by atoms with van der Waals surface area (Å²) < 4.78 is 1.68. The van der Waals surface area contributed by atoms with Gasteiger partial charge in [-0.15, -0.1) is 24.0 Å². The Morgan fingerprint density at radius 2 is 2.14 bits per heavy atom. The van der Waals surface area contributed by atoms with Crippen molar-refractivity contribution >= 4 is 40.8 Å². The molecule has 4 N–H and O–H groups in total. The highest BCUT2D eigenvalue weighted by Gasteiger charge is 2.24. The molecule has 1 aromatic carbocycles. The molecule has 0 saturated heterocycles. The van der Waals surface area contributed by atoms with Crippen LogP contribution >= 0.6 is 24.0 Å². The molecule has 1 atom stereocenters. The van der Waals surface area contributed by atoms with Crippen molar-refractivity contribution in [1.82, 2.24) is 25.4 Å². The van der Waals surface area contributed by atoms with E-state index in [9.17, 15) is 5.11 Å². The lowest BCUT2D eigenvalue weighted by molar-refractivity contribution is 0.0672. The monoisotopic (exact) mass is 510 g/mol. The normalized spacial score (nSPS) is 13.8. The number of aryl methyl sites for hydroxylation is 2. The molecule has 0 saturated carbocycles. The van der Waals surface area contributed by atoms with Crippen molar-refractivity contribution in [1.29, 1.82) is 0 Å². The number of nitrogens with one attached hydrogen (secondary N) is 3. The molecule has 0 amide bonds. The zero-order valence-electron chi connectivity index (χ0n) is 17.5. The van der Waals surface area contributed by atoms with E-state index in [1.165, 1.54) is 22.0 Å². The first kappa shape index (κ1) is 23.2. The molecule has 2 heterocycles. The van der Waals surface area contributed by atoms with Gasteiger partial charge in [0.05, 0.1) is 12.7 Å². The summed E-state index contributed by atoms with van der Waals surface area (Å²) in [6.45, 7) is 7.68. The number of benzene rings is 1. The van der Waals surface area contributed by atoms with Crippen molar-refractivity contribution in [2.45, 2.75) is 32.8 Å². The molecule has 0 aliphatic heterocycles. The van der Waals surface area contributed by atoms with E-state index in [2.05, 4.69) is 57.0 Å². The van der Waals surface area contributed by atoms with E-state index in [1.54, 1.807) is 17.8 Å². The molecule has 0 bridgehead atoms. The second kappa shape index (κ2) is 10.1. The minimum Gasteiger partial charge on any atom is -0.383 e. The van der Waals surface area contributed by atoms with Crippen molar-refractivity contribution in [2.75, 3.05) is 19.6 Å². The lowest BCUT2D eigenvalue weighted by atomic mass is 10.0. The summed E-state index contributed by atoms with van der Waals surface area (Å²) in [6.07, 6.45) is 6.45. The van der Waals surface area contributed by atoms with Crippen LogP contribution in [0.4, 0.5) is 0 Å². The molecule has 2 aromatic heterocycles. The van der Waals surface area contributed by atoms with Crippen molar-refractivity contribution < 1.29 is 5.11 Å². The van der Waals surface area contributed by atoms with Crippen molar-refractivity contribution in [2.24, 2.45) is 12.0 Å². The number of aromatic nitrogens is 3. The first-order chi connectivity index (χ1) is 13.4. The minimum absolute atomic E-state index is 0. The van der Waals surface area contributed by atoms with Gasteiger partial charge in [0, 0.05) is 49.0 Å². The number of aliphatic imine (C=N–C) groups is 1. The van der Waals surface area contributed by atoms with Gasteiger partial charge in [-0.05, 0) is 44.4 Å². The van der Waals surface area contributed by atoms with Gasteiger partial charge in [0.25, 0.3) is 0 Å². The van der Waals surface area contributed by atoms with Crippen molar-refractivity contribution in [3.63, 3.8) is 0 Å². The maximum atomic E-state index is 10.7. The van der Waals surface area contributed by atoms with Crippen LogP contribution in [-0.4, -0.2) is 45.5 Å². The Labute approximate surface area is 189 Å². The summed E-state index contributed by atoms with van der Waals surface area (Å²) >= 11 is 0. The third-order valence-electron chi connectivity index (χ3n) is 4.90. The average molecular weight is 510 g/mol. The molecule has 7 nitrogen and oxygen atoms in total. The van der Waals surface area contributed by atoms with E-state index in [0.717, 1.165) is 25.1 Å². The van der Waals surface area contributed by atoms with Gasteiger partial charge in [0.1, 0.15) is 5.60 Å². The lowest BCUT2D eigenvalue weighted by Gasteiger charge is -2.20. The third-order valence-corrected chi connectivity index (χ3v) is 4.90. The number of guanidine groups is 1. The van der Waals surface area contributed by atoms with Gasteiger partial charge >= 0.3 is 0 Å². The standard InChI is InChI=1S/C21H30N6O.HI/c1-5-22-20(25-14-21(3,28)17-12-26-27(4)13-17)23-10-9-16-11-24-18-8-6-7-15(2)19(16)18;/h6-8,11-13,24,28H,5,9-10,14H2,1-4H3,(H2,22,23,25);1H. The average Bonchev–Trinajstić information content (AvgIpc) is 3.27. The highest BCUT2D eigenvalue weighted by Crippen LogP contribution is 2.22. The fourth-order valence-electron chi connectivity index (χ4n) is 3.33. The van der Waals surface area contributed by atoms with E-state index in [1.807, 2.05) is 20.2 Å². The highest BCUT2D eigenvalue weighted by molar-refractivity contribution is 14.0. The summed E-state index contributed by atoms with van der Waals surface area (Å²) in [6, 6.07) is 6.31. The summed E-state index contributed by atoms with van der Waals surface area (Å²) in [5, 5.41) is 22.8. The van der Waals surface area contributed by atoms with Gasteiger partial charge in [-0.25, -0.2) is 4.99 Å². The summed E-state index contributed by atoms with van der Waals surface area (Å²) in [5.74, 6) is 0.697. The molecular weight excluding hydrogens is 479 g/mol. The molecule has 29 heavy (non-hydrogen) atoms. The molecule has 8 heteroatoms. The van der Waals surface area contributed by atoms with Crippen LogP contribution in [0.1, 0.15) is 30.5 Å². The number of hydrogen-bond acceptors (Lipinski definition) is 3. The van der Waals surface area contributed by atoms with E-state index in [4.69, 9.17) is 0 Å².